The van der Waals surface area contributed by atoms with Gasteiger partial charge in [0, 0.05) is 29.5 Å². The molecule has 0 bridgehead atoms. The molecule has 148 valence electrons. The minimum absolute atomic E-state index is 0.0246. The number of hydrogen-bond acceptors (Lipinski definition) is 7. The van der Waals surface area contributed by atoms with Gasteiger partial charge in [-0.25, -0.2) is 14.6 Å². The van der Waals surface area contributed by atoms with Gasteiger partial charge >= 0.3 is 0 Å². The lowest BCUT2D eigenvalue weighted by Crippen LogP contribution is -2.38. The predicted octanol–water partition coefficient (Wildman–Crippen LogP) is 2.14. The molecule has 2 aromatic rings. The van der Waals surface area contributed by atoms with Crippen LogP contribution in [0.1, 0.15) is 47.8 Å². The standard InChI is InChI=1S/C20H25N5O2S/c26-19-8-13-11-28-7-6-15(13)24-25(19)18-10-27-9-17(18)23-20-14-4-2-1-3-5-16(14)21-12-22-20/h8,12,17-18H,1-7,9-11H2,(H,21,22,23). The molecule has 2 unspecified atom stereocenters. The number of fused-ring (bicyclic) bond motifs is 2. The Hall–Kier alpha value is -1.93. The Morgan fingerprint density at radius 1 is 1.11 bits per heavy atom. The van der Waals surface area contributed by atoms with Crippen LogP contribution in [0.15, 0.2) is 17.2 Å². The van der Waals surface area contributed by atoms with Crippen LogP contribution in [0.3, 0.4) is 0 Å². The zero-order valence-electron chi connectivity index (χ0n) is 15.9. The largest absolute Gasteiger partial charge is 0.377 e. The van der Waals surface area contributed by atoms with Crippen molar-refractivity contribution >= 4 is 17.6 Å². The van der Waals surface area contributed by atoms with E-state index in [1.165, 1.54) is 24.8 Å². The van der Waals surface area contributed by atoms with Crippen LogP contribution in [-0.4, -0.2) is 44.8 Å². The zero-order chi connectivity index (χ0) is 18.9. The molecule has 5 rings (SSSR count). The average molecular weight is 400 g/mol. The van der Waals surface area contributed by atoms with Gasteiger partial charge in [-0.15, -0.1) is 0 Å². The molecule has 7 nitrogen and oxygen atoms in total. The molecule has 1 saturated heterocycles. The maximum Gasteiger partial charge on any atom is 0.267 e. The van der Waals surface area contributed by atoms with Crippen LogP contribution in [0.5, 0.6) is 0 Å². The van der Waals surface area contributed by atoms with Crippen molar-refractivity contribution in [1.82, 2.24) is 19.7 Å². The van der Waals surface area contributed by atoms with Crippen LogP contribution >= 0.6 is 11.8 Å². The van der Waals surface area contributed by atoms with Gasteiger partial charge in [0.1, 0.15) is 18.2 Å². The molecule has 0 amide bonds. The molecule has 3 aliphatic rings. The Morgan fingerprint density at radius 3 is 3.00 bits per heavy atom. The van der Waals surface area contributed by atoms with Gasteiger partial charge in [0.05, 0.1) is 24.9 Å². The fourth-order valence-corrected chi connectivity index (χ4v) is 5.34. The highest BCUT2D eigenvalue weighted by molar-refractivity contribution is 7.98. The number of aryl methyl sites for hydroxylation is 2. The van der Waals surface area contributed by atoms with Crippen molar-refractivity contribution in [3.8, 4) is 0 Å². The van der Waals surface area contributed by atoms with Gasteiger partial charge in [0.15, 0.2) is 0 Å². The predicted molar refractivity (Wildman–Crippen MR) is 109 cm³/mol. The van der Waals surface area contributed by atoms with E-state index in [1.807, 2.05) is 11.8 Å². The fraction of sp³-hybridized carbons (Fsp3) is 0.600. The number of nitrogens with one attached hydrogen (secondary N) is 1. The zero-order valence-corrected chi connectivity index (χ0v) is 16.7. The molecule has 2 aromatic heterocycles. The summed E-state index contributed by atoms with van der Waals surface area (Å²) in [6.07, 6.45) is 8.18. The van der Waals surface area contributed by atoms with Gasteiger partial charge < -0.3 is 10.1 Å². The van der Waals surface area contributed by atoms with Crippen LogP contribution in [0, 0.1) is 0 Å². The topological polar surface area (TPSA) is 81.9 Å². The van der Waals surface area contributed by atoms with E-state index in [-0.39, 0.29) is 17.6 Å². The van der Waals surface area contributed by atoms with Crippen LogP contribution in [0.4, 0.5) is 5.82 Å². The Balaban J connectivity index is 1.44. The summed E-state index contributed by atoms with van der Waals surface area (Å²) in [4.78, 5) is 21.8. The summed E-state index contributed by atoms with van der Waals surface area (Å²) in [5, 5.41) is 8.30. The summed E-state index contributed by atoms with van der Waals surface area (Å²) in [6.45, 7) is 1.04. The molecular formula is C20H25N5O2S. The van der Waals surface area contributed by atoms with Crippen molar-refractivity contribution in [3.63, 3.8) is 0 Å². The van der Waals surface area contributed by atoms with Crippen molar-refractivity contribution in [3.05, 3.63) is 45.3 Å². The summed E-state index contributed by atoms with van der Waals surface area (Å²) < 4.78 is 7.39. The second-order valence-corrected chi connectivity index (χ2v) is 8.87. The average Bonchev–Trinajstić information content (AvgIpc) is 3.02. The van der Waals surface area contributed by atoms with E-state index in [0.717, 1.165) is 53.5 Å². The molecule has 2 aliphatic heterocycles. The van der Waals surface area contributed by atoms with Crippen LogP contribution in [0.25, 0.3) is 0 Å². The van der Waals surface area contributed by atoms with E-state index in [1.54, 1.807) is 17.1 Å². The first-order valence-electron chi connectivity index (χ1n) is 10.2. The Kier molecular flexibility index (Phi) is 5.07. The van der Waals surface area contributed by atoms with Crippen molar-refractivity contribution in [2.75, 3.05) is 24.3 Å². The van der Waals surface area contributed by atoms with E-state index in [9.17, 15) is 4.79 Å². The monoisotopic (exact) mass is 399 g/mol. The van der Waals surface area contributed by atoms with Gasteiger partial charge in [-0.05, 0) is 37.0 Å². The fourth-order valence-electron chi connectivity index (χ4n) is 4.39. The van der Waals surface area contributed by atoms with Gasteiger partial charge in [-0.2, -0.15) is 16.9 Å². The van der Waals surface area contributed by atoms with E-state index >= 15 is 0 Å². The Bertz CT molecular complexity index is 931. The summed E-state index contributed by atoms with van der Waals surface area (Å²) in [6, 6.07) is 1.62. The van der Waals surface area contributed by atoms with Crippen LogP contribution in [-0.2, 0) is 29.8 Å². The quantitative estimate of drug-likeness (QED) is 0.792. The van der Waals surface area contributed by atoms with Gasteiger partial charge in [-0.3, -0.25) is 4.79 Å². The molecule has 4 heterocycles. The number of aromatic nitrogens is 4. The first kappa shape index (κ1) is 18.1. The first-order valence-corrected chi connectivity index (χ1v) is 11.3. The number of hydrogen-bond donors (Lipinski definition) is 1. The smallest absolute Gasteiger partial charge is 0.267 e. The number of rotatable bonds is 3. The van der Waals surface area contributed by atoms with E-state index in [2.05, 4.69) is 15.3 Å². The number of anilines is 1. The van der Waals surface area contributed by atoms with Crippen LogP contribution < -0.4 is 10.9 Å². The lowest BCUT2D eigenvalue weighted by atomic mass is 10.1. The third-order valence-electron chi connectivity index (χ3n) is 5.93. The second kappa shape index (κ2) is 7.83. The SMILES string of the molecule is O=c1cc2c(nn1C1COCC1Nc1ncnc3c1CCCCC3)CCSC2. The lowest BCUT2D eigenvalue weighted by molar-refractivity contribution is 0.182. The van der Waals surface area contributed by atoms with Gasteiger partial charge in [0.2, 0.25) is 0 Å². The summed E-state index contributed by atoms with van der Waals surface area (Å²) in [7, 11) is 0. The van der Waals surface area contributed by atoms with Crippen LogP contribution in [0.2, 0.25) is 0 Å². The normalized spacial score (nSPS) is 24.3. The minimum Gasteiger partial charge on any atom is -0.377 e. The van der Waals surface area contributed by atoms with Crippen molar-refractivity contribution in [2.45, 2.75) is 56.4 Å². The van der Waals surface area contributed by atoms with Crippen molar-refractivity contribution < 1.29 is 4.74 Å². The van der Waals surface area contributed by atoms with E-state index in [0.29, 0.717) is 13.2 Å². The van der Waals surface area contributed by atoms with Crippen molar-refractivity contribution in [1.29, 1.82) is 0 Å². The van der Waals surface area contributed by atoms with E-state index < -0.39 is 0 Å². The molecular weight excluding hydrogens is 374 g/mol. The Labute approximate surface area is 168 Å². The van der Waals surface area contributed by atoms with Crippen molar-refractivity contribution in [2.24, 2.45) is 0 Å². The molecule has 28 heavy (non-hydrogen) atoms. The molecule has 1 N–H and O–H groups in total. The maximum absolute atomic E-state index is 12.7. The molecule has 1 fully saturated rings. The summed E-state index contributed by atoms with van der Waals surface area (Å²) >= 11 is 1.86. The molecule has 0 saturated carbocycles. The molecule has 0 aromatic carbocycles. The second-order valence-electron chi connectivity index (χ2n) is 7.77. The minimum atomic E-state index is -0.122. The third kappa shape index (κ3) is 3.43. The summed E-state index contributed by atoms with van der Waals surface area (Å²) in [5.41, 5.74) is 4.49. The summed E-state index contributed by atoms with van der Waals surface area (Å²) in [5.74, 6) is 2.84. The third-order valence-corrected chi connectivity index (χ3v) is 6.93. The number of thioether (sulfide) groups is 1. The number of nitrogens with zero attached hydrogens (tertiary/aromatic N) is 4. The van der Waals surface area contributed by atoms with Gasteiger partial charge in [-0.1, -0.05) is 6.42 Å². The van der Waals surface area contributed by atoms with Gasteiger partial charge in [0.25, 0.3) is 5.56 Å². The maximum atomic E-state index is 12.7. The lowest BCUT2D eigenvalue weighted by Gasteiger charge is -2.24. The first-order chi connectivity index (χ1) is 13.8. The molecule has 1 aliphatic carbocycles. The highest BCUT2D eigenvalue weighted by atomic mass is 32.2. The molecule has 0 spiro atoms. The van der Waals surface area contributed by atoms with E-state index in [4.69, 9.17) is 9.84 Å². The molecule has 2 atom stereocenters. The Morgan fingerprint density at radius 2 is 2.04 bits per heavy atom. The molecule has 8 heteroatoms. The molecule has 0 radical (unpaired) electrons. The number of ether oxygens (including phenoxy) is 1. The highest BCUT2D eigenvalue weighted by Crippen LogP contribution is 2.28. The highest BCUT2D eigenvalue weighted by Gasteiger charge is 2.33.